The maximum atomic E-state index is 13.4. The lowest BCUT2D eigenvalue weighted by molar-refractivity contribution is 0.0963. The molecule has 0 radical (unpaired) electrons. The van der Waals surface area contributed by atoms with Crippen molar-refractivity contribution in [1.29, 1.82) is 0 Å². The van der Waals surface area contributed by atoms with Gasteiger partial charge < -0.3 is 15.1 Å². The molecule has 5 rings (SSSR count). The van der Waals surface area contributed by atoms with Gasteiger partial charge in [0.15, 0.2) is 0 Å². The molecule has 35 heavy (non-hydrogen) atoms. The van der Waals surface area contributed by atoms with Crippen LogP contribution in [0, 0.1) is 5.82 Å². The van der Waals surface area contributed by atoms with Gasteiger partial charge in [0.2, 0.25) is 0 Å². The van der Waals surface area contributed by atoms with Crippen LogP contribution in [0.1, 0.15) is 20.7 Å². The Hall–Kier alpha value is -4.72. The first-order valence-electron chi connectivity index (χ1n) is 10.9. The van der Waals surface area contributed by atoms with Crippen LogP contribution in [0.2, 0.25) is 0 Å². The molecule has 0 atom stereocenters. The van der Waals surface area contributed by atoms with E-state index in [1.807, 2.05) is 18.2 Å². The first kappa shape index (κ1) is 22.1. The molecule has 0 fully saturated rings. The highest BCUT2D eigenvalue weighted by atomic mass is 19.1. The van der Waals surface area contributed by atoms with E-state index < -0.39 is 0 Å². The summed E-state index contributed by atoms with van der Waals surface area (Å²) in [6, 6.07) is 20.2. The number of carbonyl (C=O) groups excluding carboxylic acids is 2. The highest BCUT2D eigenvalue weighted by Crippen LogP contribution is 2.36. The summed E-state index contributed by atoms with van der Waals surface area (Å²) in [5.41, 5.74) is 3.57. The number of carbonyl (C=O) groups is 2. The molecule has 5 aromatic rings. The third-order valence-corrected chi connectivity index (χ3v) is 5.77. The van der Waals surface area contributed by atoms with Crippen molar-refractivity contribution in [3.05, 3.63) is 95.9 Å². The smallest absolute Gasteiger partial charge is 0.256 e. The molecule has 2 N–H and O–H groups in total. The van der Waals surface area contributed by atoms with Crippen LogP contribution in [0.4, 0.5) is 10.2 Å². The van der Waals surface area contributed by atoms with E-state index in [4.69, 9.17) is 4.42 Å². The number of fused-ring (bicyclic) bond motifs is 1. The third kappa shape index (κ3) is 4.17. The minimum absolute atomic E-state index is 0.260. The molecule has 0 spiro atoms. The number of aryl methyl sites for hydroxylation is 1. The summed E-state index contributed by atoms with van der Waals surface area (Å²) in [7, 11) is 3.29. The molecule has 0 aliphatic heterocycles. The summed E-state index contributed by atoms with van der Waals surface area (Å²) in [4.78, 5) is 25.6. The molecular formula is C27H21FN4O3. The molecule has 0 bridgehead atoms. The van der Waals surface area contributed by atoms with Gasteiger partial charge in [-0.3, -0.25) is 14.3 Å². The van der Waals surface area contributed by atoms with E-state index in [0.29, 0.717) is 39.2 Å². The van der Waals surface area contributed by atoms with Crippen molar-refractivity contribution in [2.75, 3.05) is 12.4 Å². The minimum Gasteiger partial charge on any atom is -0.455 e. The number of hydrogen-bond acceptors (Lipinski definition) is 4. The topological polar surface area (TPSA) is 89.2 Å². The van der Waals surface area contributed by atoms with Gasteiger partial charge in [0.05, 0.1) is 11.8 Å². The van der Waals surface area contributed by atoms with Crippen LogP contribution in [-0.4, -0.2) is 28.6 Å². The fraction of sp³-hybridized carbons (Fsp3) is 0.0741. The molecule has 2 heterocycles. The van der Waals surface area contributed by atoms with Crippen LogP contribution >= 0.6 is 0 Å². The number of aromatic nitrogens is 2. The second-order valence-corrected chi connectivity index (χ2v) is 7.98. The largest absolute Gasteiger partial charge is 0.455 e. The van der Waals surface area contributed by atoms with Gasteiger partial charge in [-0.15, -0.1) is 0 Å². The summed E-state index contributed by atoms with van der Waals surface area (Å²) in [6.45, 7) is 0. The molecule has 3 aromatic carbocycles. The lowest BCUT2D eigenvalue weighted by Crippen LogP contribution is -2.18. The number of nitrogens with one attached hydrogen (secondary N) is 2. The van der Waals surface area contributed by atoms with Gasteiger partial charge in [-0.2, -0.15) is 5.10 Å². The number of anilines is 1. The average Bonchev–Trinajstić information content (AvgIpc) is 3.46. The van der Waals surface area contributed by atoms with Crippen molar-refractivity contribution >= 4 is 28.6 Å². The number of nitrogens with zero attached hydrogens (tertiary/aromatic N) is 2. The summed E-state index contributed by atoms with van der Waals surface area (Å²) < 4.78 is 21.0. The lowest BCUT2D eigenvalue weighted by atomic mass is 9.99. The Morgan fingerprint density at radius 1 is 0.914 bits per heavy atom. The van der Waals surface area contributed by atoms with Gasteiger partial charge in [-0.25, -0.2) is 4.39 Å². The van der Waals surface area contributed by atoms with Gasteiger partial charge in [-0.05, 0) is 59.7 Å². The highest BCUT2D eigenvalue weighted by molar-refractivity contribution is 6.12. The Balaban J connectivity index is 1.56. The van der Waals surface area contributed by atoms with E-state index in [0.717, 1.165) is 11.1 Å². The number of amides is 2. The Morgan fingerprint density at radius 3 is 2.37 bits per heavy atom. The van der Waals surface area contributed by atoms with Gasteiger partial charge in [0, 0.05) is 36.7 Å². The number of hydrogen-bond donors (Lipinski definition) is 2. The fourth-order valence-electron chi connectivity index (χ4n) is 3.96. The summed E-state index contributed by atoms with van der Waals surface area (Å²) >= 11 is 0. The maximum Gasteiger partial charge on any atom is 0.256 e. The Labute approximate surface area is 200 Å². The number of rotatable bonds is 5. The molecule has 0 saturated heterocycles. The van der Waals surface area contributed by atoms with Crippen LogP contribution in [0.25, 0.3) is 33.4 Å². The molecule has 0 aliphatic rings. The van der Waals surface area contributed by atoms with E-state index in [1.165, 1.54) is 12.1 Å². The normalized spacial score (nSPS) is 10.9. The molecule has 0 saturated carbocycles. The zero-order chi connectivity index (χ0) is 24.5. The first-order chi connectivity index (χ1) is 16.9. The van der Waals surface area contributed by atoms with E-state index in [1.54, 1.807) is 67.4 Å². The minimum atomic E-state index is -0.374. The predicted octanol–water partition coefficient (Wildman–Crippen LogP) is 5.25. The second-order valence-electron chi connectivity index (χ2n) is 7.98. The van der Waals surface area contributed by atoms with Crippen LogP contribution < -0.4 is 10.6 Å². The summed E-state index contributed by atoms with van der Waals surface area (Å²) in [5, 5.41) is 10.2. The molecule has 8 heteroatoms. The number of halogens is 1. The van der Waals surface area contributed by atoms with Crippen molar-refractivity contribution < 1.29 is 18.4 Å². The van der Waals surface area contributed by atoms with Gasteiger partial charge in [0.1, 0.15) is 23.0 Å². The Bertz CT molecular complexity index is 1570. The summed E-state index contributed by atoms with van der Waals surface area (Å²) in [6.07, 6.45) is 1.61. The lowest BCUT2D eigenvalue weighted by Gasteiger charge is -2.08. The Morgan fingerprint density at radius 2 is 1.66 bits per heavy atom. The highest BCUT2D eigenvalue weighted by Gasteiger charge is 2.22. The molecule has 2 amide bonds. The molecule has 2 aromatic heterocycles. The second kappa shape index (κ2) is 8.90. The van der Waals surface area contributed by atoms with Gasteiger partial charge >= 0.3 is 0 Å². The van der Waals surface area contributed by atoms with Crippen molar-refractivity contribution in [2.24, 2.45) is 7.05 Å². The van der Waals surface area contributed by atoms with Crippen LogP contribution in [0.15, 0.2) is 83.4 Å². The van der Waals surface area contributed by atoms with Crippen LogP contribution in [-0.2, 0) is 7.05 Å². The van der Waals surface area contributed by atoms with Gasteiger partial charge in [0.25, 0.3) is 11.8 Å². The fourth-order valence-corrected chi connectivity index (χ4v) is 3.96. The molecule has 0 aliphatic carbocycles. The maximum absolute atomic E-state index is 13.4. The average molecular weight is 468 g/mol. The van der Waals surface area contributed by atoms with Crippen LogP contribution in [0.5, 0.6) is 0 Å². The monoisotopic (exact) mass is 468 g/mol. The molecular weight excluding hydrogens is 447 g/mol. The van der Waals surface area contributed by atoms with Crippen molar-refractivity contribution in [3.8, 4) is 22.5 Å². The molecule has 174 valence electrons. The predicted molar refractivity (Wildman–Crippen MR) is 132 cm³/mol. The zero-order valence-electron chi connectivity index (χ0n) is 19.0. The van der Waals surface area contributed by atoms with Crippen molar-refractivity contribution in [2.45, 2.75) is 0 Å². The standard InChI is InChI=1S/C27H21FN4O3/c1-29-27(34)24-21-15-18(8-11-22(21)35-25(24)16-6-9-20(28)10-7-16)17-4-3-5-19(14-17)26(33)31-23-12-13-30-32(23)2/h3-15H,1-2H3,(H,29,34)(H,31,33). The number of benzene rings is 3. The first-order valence-corrected chi connectivity index (χ1v) is 10.9. The Kier molecular flexibility index (Phi) is 5.62. The van der Waals surface area contributed by atoms with Crippen molar-refractivity contribution in [3.63, 3.8) is 0 Å². The number of furan rings is 1. The quantitative estimate of drug-likeness (QED) is 0.369. The SMILES string of the molecule is CNC(=O)c1c(-c2ccc(F)cc2)oc2ccc(-c3cccc(C(=O)Nc4ccnn4C)c3)cc12. The van der Waals surface area contributed by atoms with E-state index in [-0.39, 0.29) is 17.6 Å². The molecule has 0 unspecified atom stereocenters. The summed E-state index contributed by atoms with van der Waals surface area (Å²) in [5.74, 6) is -0.000430. The van der Waals surface area contributed by atoms with Gasteiger partial charge in [-0.1, -0.05) is 18.2 Å². The van der Waals surface area contributed by atoms with E-state index in [9.17, 15) is 14.0 Å². The third-order valence-electron chi connectivity index (χ3n) is 5.77. The zero-order valence-corrected chi connectivity index (χ0v) is 19.0. The van der Waals surface area contributed by atoms with E-state index >= 15 is 0 Å². The van der Waals surface area contributed by atoms with Crippen molar-refractivity contribution in [1.82, 2.24) is 15.1 Å². The molecule has 7 nitrogen and oxygen atoms in total. The van der Waals surface area contributed by atoms with Crippen LogP contribution in [0.3, 0.4) is 0 Å². The van der Waals surface area contributed by atoms with E-state index in [2.05, 4.69) is 15.7 Å².